The van der Waals surface area contributed by atoms with Crippen molar-refractivity contribution >= 4 is 11.6 Å². The van der Waals surface area contributed by atoms with E-state index in [1.807, 2.05) is 12.1 Å². The number of oxime groups is 1. The van der Waals surface area contributed by atoms with E-state index < -0.39 is 5.60 Å². The Labute approximate surface area is 135 Å². The van der Waals surface area contributed by atoms with Gasteiger partial charge in [0.1, 0.15) is 5.71 Å². The van der Waals surface area contributed by atoms with E-state index in [2.05, 4.69) is 20.4 Å². The molecule has 0 bridgehead atoms. The molecular weight excluding hydrogens is 296 g/mol. The second kappa shape index (κ2) is 7.06. The van der Waals surface area contributed by atoms with Gasteiger partial charge in [0.05, 0.1) is 6.61 Å². The van der Waals surface area contributed by atoms with Crippen molar-refractivity contribution in [2.24, 2.45) is 5.16 Å². The summed E-state index contributed by atoms with van der Waals surface area (Å²) in [6.45, 7) is 2.88. The molecule has 0 aliphatic carbocycles. The van der Waals surface area contributed by atoms with Gasteiger partial charge in [0.2, 0.25) is 0 Å². The van der Waals surface area contributed by atoms with E-state index in [0.29, 0.717) is 31.8 Å². The third-order valence-electron chi connectivity index (χ3n) is 4.34. The van der Waals surface area contributed by atoms with Crippen LogP contribution in [0.3, 0.4) is 0 Å². The van der Waals surface area contributed by atoms with Gasteiger partial charge in [0, 0.05) is 38.4 Å². The zero-order valence-electron chi connectivity index (χ0n) is 13.1. The molecule has 2 aliphatic rings. The number of rotatable bonds is 5. The van der Waals surface area contributed by atoms with Crippen LogP contribution in [-0.4, -0.2) is 58.5 Å². The van der Waals surface area contributed by atoms with Gasteiger partial charge in [-0.3, -0.25) is 14.7 Å². The Morgan fingerprint density at radius 3 is 3.04 bits per heavy atom. The molecular formula is C16H22N4O3. The SMILES string of the molecule is O=C(NCc1ccncc1)C1=NOC2(CCCN(CCO)C2)C1. The summed E-state index contributed by atoms with van der Waals surface area (Å²) >= 11 is 0. The monoisotopic (exact) mass is 318 g/mol. The fourth-order valence-electron chi connectivity index (χ4n) is 3.17. The summed E-state index contributed by atoms with van der Waals surface area (Å²) in [7, 11) is 0. The van der Waals surface area contributed by atoms with E-state index >= 15 is 0 Å². The second-order valence-corrected chi connectivity index (χ2v) is 6.13. The number of hydrogen-bond acceptors (Lipinski definition) is 6. The summed E-state index contributed by atoms with van der Waals surface area (Å²) in [6, 6.07) is 3.73. The van der Waals surface area contributed by atoms with Crippen molar-refractivity contribution in [3.63, 3.8) is 0 Å². The number of nitrogens with zero attached hydrogens (tertiary/aromatic N) is 3. The van der Waals surface area contributed by atoms with Gasteiger partial charge in [0.25, 0.3) is 5.91 Å². The number of aliphatic hydroxyl groups is 1. The first-order chi connectivity index (χ1) is 11.2. The summed E-state index contributed by atoms with van der Waals surface area (Å²) in [5, 5.41) is 16.0. The van der Waals surface area contributed by atoms with Gasteiger partial charge in [-0.05, 0) is 37.1 Å². The Balaban J connectivity index is 1.53. The van der Waals surface area contributed by atoms with Gasteiger partial charge in [-0.15, -0.1) is 0 Å². The number of nitrogens with one attached hydrogen (secondary N) is 1. The van der Waals surface area contributed by atoms with Crippen molar-refractivity contribution in [3.05, 3.63) is 30.1 Å². The number of carbonyl (C=O) groups excluding carboxylic acids is 1. The molecule has 23 heavy (non-hydrogen) atoms. The van der Waals surface area contributed by atoms with Crippen LogP contribution in [0.25, 0.3) is 0 Å². The first-order valence-corrected chi connectivity index (χ1v) is 7.96. The van der Waals surface area contributed by atoms with Crippen LogP contribution >= 0.6 is 0 Å². The second-order valence-electron chi connectivity index (χ2n) is 6.13. The van der Waals surface area contributed by atoms with Crippen molar-refractivity contribution in [1.29, 1.82) is 0 Å². The van der Waals surface area contributed by atoms with Crippen LogP contribution in [-0.2, 0) is 16.2 Å². The third-order valence-corrected chi connectivity index (χ3v) is 4.34. The lowest BCUT2D eigenvalue weighted by Gasteiger charge is -2.37. The standard InChI is InChI=1S/C16H22N4O3/c21-9-8-20-7-1-4-16(12-20)10-14(19-23-16)15(22)18-11-13-2-5-17-6-3-13/h2-3,5-6,21H,1,4,7-12H2,(H,18,22). The highest BCUT2D eigenvalue weighted by atomic mass is 16.7. The van der Waals surface area contributed by atoms with Crippen LogP contribution in [0.2, 0.25) is 0 Å². The minimum Gasteiger partial charge on any atom is -0.395 e. The van der Waals surface area contributed by atoms with Crippen LogP contribution in [0.1, 0.15) is 24.8 Å². The summed E-state index contributed by atoms with van der Waals surface area (Å²) in [5.41, 5.74) is 1.04. The number of pyridine rings is 1. The van der Waals surface area contributed by atoms with Gasteiger partial charge in [-0.2, -0.15) is 0 Å². The zero-order chi connectivity index (χ0) is 16.1. The smallest absolute Gasteiger partial charge is 0.269 e. The number of carbonyl (C=O) groups is 1. The molecule has 2 N–H and O–H groups in total. The minimum absolute atomic E-state index is 0.135. The molecule has 0 saturated carbocycles. The summed E-state index contributed by atoms with van der Waals surface area (Å²) in [6.07, 6.45) is 5.80. The topological polar surface area (TPSA) is 87.0 Å². The number of aromatic nitrogens is 1. The van der Waals surface area contributed by atoms with Crippen LogP contribution in [0.4, 0.5) is 0 Å². The number of β-amino-alcohol motifs (C(OH)–C–C–N with tert-alkyl or cyclic N) is 1. The highest BCUT2D eigenvalue weighted by Crippen LogP contribution is 2.33. The normalized spacial score (nSPS) is 24.3. The number of likely N-dealkylation sites (tertiary alicyclic amines) is 1. The average molecular weight is 318 g/mol. The fraction of sp³-hybridized carbons (Fsp3) is 0.562. The van der Waals surface area contributed by atoms with E-state index in [1.54, 1.807) is 12.4 Å². The molecule has 1 aromatic rings. The Morgan fingerprint density at radius 2 is 2.26 bits per heavy atom. The predicted octanol–water partition coefficient (Wildman–Crippen LogP) is 0.301. The molecule has 1 amide bonds. The molecule has 3 heterocycles. The molecule has 0 aromatic carbocycles. The molecule has 7 heteroatoms. The maximum atomic E-state index is 12.3. The number of piperidine rings is 1. The largest absolute Gasteiger partial charge is 0.395 e. The van der Waals surface area contributed by atoms with Gasteiger partial charge in [-0.1, -0.05) is 5.16 Å². The van der Waals surface area contributed by atoms with Crippen LogP contribution < -0.4 is 5.32 Å². The van der Waals surface area contributed by atoms with Gasteiger partial charge >= 0.3 is 0 Å². The highest BCUT2D eigenvalue weighted by Gasteiger charge is 2.44. The number of hydrogen-bond donors (Lipinski definition) is 2. The molecule has 1 atom stereocenters. The molecule has 1 saturated heterocycles. The lowest BCUT2D eigenvalue weighted by Crippen LogP contribution is -2.49. The molecule has 0 radical (unpaired) electrons. The quantitative estimate of drug-likeness (QED) is 0.815. The van der Waals surface area contributed by atoms with E-state index in [4.69, 9.17) is 9.94 Å². The van der Waals surface area contributed by atoms with E-state index in [9.17, 15) is 4.79 Å². The van der Waals surface area contributed by atoms with E-state index in [1.165, 1.54) is 0 Å². The first-order valence-electron chi connectivity index (χ1n) is 7.96. The Bertz CT molecular complexity index is 576. The highest BCUT2D eigenvalue weighted by molar-refractivity contribution is 6.39. The van der Waals surface area contributed by atoms with Crippen molar-refractivity contribution < 1.29 is 14.7 Å². The lowest BCUT2D eigenvalue weighted by atomic mass is 9.88. The van der Waals surface area contributed by atoms with Gasteiger partial charge in [-0.25, -0.2) is 0 Å². The molecule has 1 spiro atoms. The molecule has 3 rings (SSSR count). The Morgan fingerprint density at radius 1 is 1.43 bits per heavy atom. The van der Waals surface area contributed by atoms with Crippen molar-refractivity contribution in [2.75, 3.05) is 26.2 Å². The van der Waals surface area contributed by atoms with Crippen LogP contribution in [0, 0.1) is 0 Å². The van der Waals surface area contributed by atoms with Crippen molar-refractivity contribution in [3.8, 4) is 0 Å². The Hall–Kier alpha value is -1.99. The summed E-state index contributed by atoms with van der Waals surface area (Å²) in [4.78, 5) is 24.0. The maximum absolute atomic E-state index is 12.3. The van der Waals surface area contributed by atoms with Crippen LogP contribution in [0.5, 0.6) is 0 Å². The number of amides is 1. The molecule has 7 nitrogen and oxygen atoms in total. The van der Waals surface area contributed by atoms with E-state index in [-0.39, 0.29) is 12.5 Å². The summed E-state index contributed by atoms with van der Waals surface area (Å²) < 4.78 is 0. The van der Waals surface area contributed by atoms with Crippen molar-refractivity contribution in [1.82, 2.24) is 15.2 Å². The molecule has 1 unspecified atom stereocenters. The average Bonchev–Trinajstić information content (AvgIpc) is 2.97. The van der Waals surface area contributed by atoms with Crippen LogP contribution in [0.15, 0.2) is 29.7 Å². The third kappa shape index (κ3) is 3.86. The first kappa shape index (κ1) is 15.9. The number of aliphatic hydroxyl groups excluding tert-OH is 1. The maximum Gasteiger partial charge on any atom is 0.269 e. The Kier molecular flexibility index (Phi) is 4.88. The molecule has 2 aliphatic heterocycles. The van der Waals surface area contributed by atoms with Crippen molar-refractivity contribution in [2.45, 2.75) is 31.4 Å². The summed E-state index contributed by atoms with van der Waals surface area (Å²) in [5.74, 6) is -0.182. The predicted molar refractivity (Wildman–Crippen MR) is 84.7 cm³/mol. The zero-order valence-corrected chi connectivity index (χ0v) is 13.1. The molecule has 124 valence electrons. The fourth-order valence-corrected chi connectivity index (χ4v) is 3.17. The van der Waals surface area contributed by atoms with Gasteiger partial charge < -0.3 is 15.3 Å². The lowest BCUT2D eigenvalue weighted by molar-refractivity contribution is -0.115. The molecule has 1 fully saturated rings. The minimum atomic E-state index is -0.406. The molecule has 1 aromatic heterocycles. The van der Waals surface area contributed by atoms with E-state index in [0.717, 1.165) is 24.9 Å². The van der Waals surface area contributed by atoms with Gasteiger partial charge in [0.15, 0.2) is 5.60 Å².